The molecule has 0 atom stereocenters. The monoisotopic (exact) mass is 460 g/mol. The van der Waals surface area contributed by atoms with Gasteiger partial charge in [0.25, 0.3) is 17.5 Å². The summed E-state index contributed by atoms with van der Waals surface area (Å²) in [6, 6.07) is 15.1. The molecular weight excluding hydrogens is 436 g/mol. The van der Waals surface area contributed by atoms with Crippen LogP contribution in [0.1, 0.15) is 44.1 Å². The van der Waals surface area contributed by atoms with Crippen LogP contribution in [0.3, 0.4) is 0 Å². The average molecular weight is 461 g/mol. The number of hydrogen-bond acceptors (Lipinski definition) is 6. The second kappa shape index (κ2) is 8.78. The number of pyridine rings is 1. The quantitative estimate of drug-likeness (QED) is 0.481. The van der Waals surface area contributed by atoms with Crippen molar-refractivity contribution in [2.75, 3.05) is 13.1 Å². The Morgan fingerprint density at radius 2 is 1.85 bits per heavy atom. The molecule has 3 aromatic heterocycles. The summed E-state index contributed by atoms with van der Waals surface area (Å²) in [5, 5.41) is 7.80. The van der Waals surface area contributed by atoms with Gasteiger partial charge in [0, 0.05) is 29.6 Å². The van der Waals surface area contributed by atoms with Crippen LogP contribution in [0.5, 0.6) is 0 Å². The summed E-state index contributed by atoms with van der Waals surface area (Å²) in [4.78, 5) is 34.6. The summed E-state index contributed by atoms with van der Waals surface area (Å²) in [6.07, 6.45) is 1.41. The first-order valence-corrected chi connectivity index (χ1v) is 11.8. The van der Waals surface area contributed by atoms with Gasteiger partial charge in [-0.15, -0.1) is 11.3 Å². The van der Waals surface area contributed by atoms with Gasteiger partial charge in [0.2, 0.25) is 0 Å². The third-order valence-electron chi connectivity index (χ3n) is 5.99. The fourth-order valence-corrected chi connectivity index (χ4v) is 5.05. The molecule has 5 rings (SSSR count). The normalized spacial score (nSPS) is 14.5. The van der Waals surface area contributed by atoms with Gasteiger partial charge in [-0.25, -0.2) is 4.98 Å². The molecule has 1 aliphatic heterocycles. The van der Waals surface area contributed by atoms with E-state index < -0.39 is 0 Å². The number of likely N-dealkylation sites (tertiary alicyclic amines) is 1. The van der Waals surface area contributed by atoms with Crippen molar-refractivity contribution < 1.29 is 14.1 Å². The first kappa shape index (κ1) is 21.3. The summed E-state index contributed by atoms with van der Waals surface area (Å²) in [6.45, 7) is 5.00. The molecule has 0 radical (unpaired) electrons. The molecule has 7 nitrogen and oxygen atoms in total. The number of hydrogen-bond donors (Lipinski definition) is 1. The lowest BCUT2D eigenvalue weighted by Crippen LogP contribution is -2.46. The van der Waals surface area contributed by atoms with Crippen molar-refractivity contribution in [1.82, 2.24) is 20.4 Å². The Hall–Kier alpha value is -3.52. The van der Waals surface area contributed by atoms with Crippen molar-refractivity contribution in [3.05, 3.63) is 70.2 Å². The van der Waals surface area contributed by atoms with E-state index in [9.17, 15) is 9.59 Å². The molecule has 4 heterocycles. The number of thiophene rings is 1. The first-order valence-electron chi connectivity index (χ1n) is 11.0. The Morgan fingerprint density at radius 1 is 1.09 bits per heavy atom. The molecule has 1 aliphatic rings. The van der Waals surface area contributed by atoms with Gasteiger partial charge in [-0.3, -0.25) is 9.59 Å². The van der Waals surface area contributed by atoms with Crippen molar-refractivity contribution in [3.63, 3.8) is 0 Å². The average Bonchev–Trinajstić information content (AvgIpc) is 3.44. The van der Waals surface area contributed by atoms with E-state index in [0.717, 1.165) is 4.88 Å². The highest BCUT2D eigenvalue weighted by Gasteiger charge is 2.28. The minimum Gasteiger partial charge on any atom is -0.349 e. The number of rotatable bonds is 4. The van der Waals surface area contributed by atoms with Crippen LogP contribution in [-0.2, 0) is 0 Å². The molecule has 8 heteroatoms. The lowest BCUT2D eigenvalue weighted by Gasteiger charge is -2.32. The lowest BCUT2D eigenvalue weighted by atomic mass is 10.0. The lowest BCUT2D eigenvalue weighted by molar-refractivity contribution is 0.0700. The zero-order chi connectivity index (χ0) is 22.9. The second-order valence-corrected chi connectivity index (χ2v) is 9.61. The molecule has 1 fully saturated rings. The van der Waals surface area contributed by atoms with Crippen molar-refractivity contribution in [2.24, 2.45) is 0 Å². The number of aromatic nitrogens is 2. The Kier molecular flexibility index (Phi) is 5.68. The fourth-order valence-electron chi connectivity index (χ4n) is 4.22. The predicted octanol–water partition coefficient (Wildman–Crippen LogP) is 4.60. The van der Waals surface area contributed by atoms with Crippen LogP contribution in [-0.4, -0.2) is 46.0 Å². The first-order chi connectivity index (χ1) is 16.0. The maximum absolute atomic E-state index is 13.5. The van der Waals surface area contributed by atoms with E-state index in [2.05, 4.69) is 15.5 Å². The van der Waals surface area contributed by atoms with Gasteiger partial charge >= 0.3 is 0 Å². The van der Waals surface area contributed by atoms with Crippen molar-refractivity contribution in [3.8, 4) is 10.6 Å². The SMILES string of the molecule is Cc1ccc(-c2cc(C(=O)N3CCC(NC(=O)c4ccccc4)CC3)c3c(C)noc3n2)s1. The number of fused-ring (bicyclic) bond motifs is 1. The molecule has 33 heavy (non-hydrogen) atoms. The number of nitrogens with zero attached hydrogens (tertiary/aromatic N) is 3. The highest BCUT2D eigenvalue weighted by Crippen LogP contribution is 2.32. The summed E-state index contributed by atoms with van der Waals surface area (Å²) in [5.41, 5.74) is 2.95. The van der Waals surface area contributed by atoms with Gasteiger partial charge < -0.3 is 14.7 Å². The number of nitrogens with one attached hydrogen (secondary N) is 1. The maximum atomic E-state index is 13.5. The van der Waals surface area contributed by atoms with E-state index in [-0.39, 0.29) is 17.9 Å². The molecule has 0 spiro atoms. The highest BCUT2D eigenvalue weighted by molar-refractivity contribution is 7.15. The molecule has 2 amide bonds. The highest BCUT2D eigenvalue weighted by atomic mass is 32.1. The molecule has 0 aliphatic carbocycles. The van der Waals surface area contributed by atoms with Crippen molar-refractivity contribution in [2.45, 2.75) is 32.7 Å². The number of amides is 2. The number of benzene rings is 1. The summed E-state index contributed by atoms with van der Waals surface area (Å²) >= 11 is 1.63. The second-order valence-electron chi connectivity index (χ2n) is 8.32. The summed E-state index contributed by atoms with van der Waals surface area (Å²) < 4.78 is 5.42. The third-order valence-corrected chi connectivity index (χ3v) is 7.02. The van der Waals surface area contributed by atoms with Crippen molar-refractivity contribution >= 4 is 34.3 Å². The van der Waals surface area contributed by atoms with Crippen LogP contribution in [0.4, 0.5) is 0 Å². The topological polar surface area (TPSA) is 88.3 Å². The Bertz CT molecular complexity index is 1320. The van der Waals surface area contributed by atoms with Gasteiger partial charge in [0.1, 0.15) is 0 Å². The zero-order valence-electron chi connectivity index (χ0n) is 18.5. The number of aryl methyl sites for hydroxylation is 2. The summed E-state index contributed by atoms with van der Waals surface area (Å²) in [7, 11) is 0. The van der Waals surface area contributed by atoms with Crippen LogP contribution in [0.25, 0.3) is 21.7 Å². The smallest absolute Gasteiger partial charge is 0.259 e. The fraction of sp³-hybridized carbons (Fsp3) is 0.280. The molecule has 0 saturated carbocycles. The molecule has 1 saturated heterocycles. The van der Waals surface area contributed by atoms with E-state index in [1.165, 1.54) is 4.88 Å². The molecule has 168 valence electrons. The summed E-state index contributed by atoms with van der Waals surface area (Å²) in [5.74, 6) is -0.136. The number of piperidine rings is 1. The van der Waals surface area contributed by atoms with E-state index in [1.807, 2.05) is 55.1 Å². The minimum absolute atomic E-state index is 0.0428. The van der Waals surface area contributed by atoms with Gasteiger partial charge in [-0.2, -0.15) is 0 Å². The van der Waals surface area contributed by atoms with Gasteiger partial charge in [0.05, 0.1) is 27.2 Å². The molecule has 0 bridgehead atoms. The Labute approximate surface area is 195 Å². The van der Waals surface area contributed by atoms with Gasteiger partial charge in [0.15, 0.2) is 0 Å². The van der Waals surface area contributed by atoms with E-state index in [1.54, 1.807) is 23.5 Å². The van der Waals surface area contributed by atoms with Crippen LogP contribution in [0.15, 0.2) is 53.1 Å². The van der Waals surface area contributed by atoms with E-state index in [0.29, 0.717) is 59.5 Å². The molecular formula is C25H24N4O3S. The number of carbonyl (C=O) groups is 2. The van der Waals surface area contributed by atoms with E-state index >= 15 is 0 Å². The predicted molar refractivity (Wildman–Crippen MR) is 127 cm³/mol. The standard InChI is InChI=1S/C25H24N4O3S/c1-15-8-9-21(33-15)20-14-19(22-16(2)28-32-24(22)27-20)25(31)29-12-10-18(11-13-29)26-23(30)17-6-4-3-5-7-17/h3-9,14,18H,10-13H2,1-2H3,(H,26,30). The van der Waals surface area contributed by atoms with Crippen LogP contribution < -0.4 is 5.32 Å². The Balaban J connectivity index is 1.34. The van der Waals surface area contributed by atoms with Crippen molar-refractivity contribution in [1.29, 1.82) is 0 Å². The molecule has 1 N–H and O–H groups in total. The molecule has 4 aromatic rings. The Morgan fingerprint density at radius 3 is 2.55 bits per heavy atom. The van der Waals surface area contributed by atoms with Gasteiger partial charge in [-0.05, 0) is 57.0 Å². The van der Waals surface area contributed by atoms with Crippen LogP contribution >= 0.6 is 11.3 Å². The molecule has 1 aromatic carbocycles. The largest absolute Gasteiger partial charge is 0.349 e. The van der Waals surface area contributed by atoms with Gasteiger partial charge in [-0.1, -0.05) is 23.4 Å². The maximum Gasteiger partial charge on any atom is 0.259 e. The van der Waals surface area contributed by atoms with Crippen LogP contribution in [0.2, 0.25) is 0 Å². The third kappa shape index (κ3) is 4.26. The van der Waals surface area contributed by atoms with Crippen LogP contribution in [0, 0.1) is 13.8 Å². The molecule has 0 unspecified atom stereocenters. The van der Waals surface area contributed by atoms with E-state index in [4.69, 9.17) is 4.52 Å². The zero-order valence-corrected chi connectivity index (χ0v) is 19.3. The number of carbonyl (C=O) groups excluding carboxylic acids is 2. The minimum atomic E-state index is -0.0767.